The highest BCUT2D eigenvalue weighted by molar-refractivity contribution is 7.92. The van der Waals surface area contributed by atoms with Crippen LogP contribution >= 0.6 is 0 Å². The molecule has 5 heteroatoms. The number of para-hydroxylation sites is 2. The highest BCUT2D eigenvalue weighted by atomic mass is 32.2. The van der Waals surface area contributed by atoms with Crippen molar-refractivity contribution in [2.24, 2.45) is 0 Å². The second-order valence-electron chi connectivity index (χ2n) is 5.10. The van der Waals surface area contributed by atoms with Crippen LogP contribution in [0.1, 0.15) is 18.1 Å². The van der Waals surface area contributed by atoms with E-state index in [4.69, 9.17) is 4.74 Å². The first-order chi connectivity index (χ1) is 10.4. The number of anilines is 1. The Labute approximate surface area is 132 Å². The van der Waals surface area contributed by atoms with Crippen LogP contribution in [0.4, 0.5) is 5.69 Å². The smallest absolute Gasteiger partial charge is 0.232 e. The molecule has 0 saturated carbocycles. The zero-order chi connectivity index (χ0) is 16.2. The van der Waals surface area contributed by atoms with Gasteiger partial charge in [-0.25, -0.2) is 8.42 Å². The van der Waals surface area contributed by atoms with Gasteiger partial charge in [-0.2, -0.15) is 0 Å². The van der Waals surface area contributed by atoms with Crippen molar-refractivity contribution >= 4 is 15.7 Å². The summed E-state index contributed by atoms with van der Waals surface area (Å²) in [6.45, 7) is 4.63. The van der Waals surface area contributed by atoms with E-state index in [2.05, 4.69) is 0 Å². The molecule has 0 heterocycles. The Bertz CT molecular complexity index is 741. The fraction of sp³-hybridized carbons (Fsp3) is 0.294. The van der Waals surface area contributed by atoms with Crippen molar-refractivity contribution in [2.75, 3.05) is 17.2 Å². The average Bonchev–Trinajstić information content (AvgIpc) is 2.46. The minimum absolute atomic E-state index is 0.287. The Morgan fingerprint density at radius 3 is 2.32 bits per heavy atom. The molecule has 22 heavy (non-hydrogen) atoms. The lowest BCUT2D eigenvalue weighted by Gasteiger charge is -2.25. The molecule has 0 fully saturated rings. The van der Waals surface area contributed by atoms with Gasteiger partial charge in [0.2, 0.25) is 10.0 Å². The highest BCUT2D eigenvalue weighted by Crippen LogP contribution is 2.31. The van der Waals surface area contributed by atoms with Gasteiger partial charge in [-0.15, -0.1) is 0 Å². The molecule has 0 unspecified atom stereocenters. The normalized spacial score (nSPS) is 11.2. The summed E-state index contributed by atoms with van der Waals surface area (Å²) in [7, 11) is -3.42. The Morgan fingerprint density at radius 1 is 1.05 bits per heavy atom. The summed E-state index contributed by atoms with van der Waals surface area (Å²) in [4.78, 5) is 0. The van der Waals surface area contributed by atoms with Gasteiger partial charge in [-0.1, -0.05) is 36.4 Å². The quantitative estimate of drug-likeness (QED) is 0.820. The molecular weight excluding hydrogens is 298 g/mol. The third kappa shape index (κ3) is 3.80. The van der Waals surface area contributed by atoms with Crippen LogP contribution in [0.3, 0.4) is 0 Å². The van der Waals surface area contributed by atoms with Gasteiger partial charge >= 0.3 is 0 Å². The van der Waals surface area contributed by atoms with E-state index in [1.54, 1.807) is 12.1 Å². The molecule has 0 bridgehead atoms. The third-order valence-electron chi connectivity index (χ3n) is 3.41. The number of rotatable bonds is 6. The molecule has 0 radical (unpaired) electrons. The summed E-state index contributed by atoms with van der Waals surface area (Å²) >= 11 is 0. The minimum atomic E-state index is -3.42. The SMILES string of the molecule is CCOc1ccccc1N(Cc1ccccc1C)S(C)(=O)=O. The summed E-state index contributed by atoms with van der Waals surface area (Å²) in [6.07, 6.45) is 1.22. The first-order valence-corrected chi connectivity index (χ1v) is 9.02. The Morgan fingerprint density at radius 2 is 1.68 bits per heavy atom. The second-order valence-corrected chi connectivity index (χ2v) is 7.00. The van der Waals surface area contributed by atoms with Crippen LogP contribution in [0, 0.1) is 6.92 Å². The van der Waals surface area contributed by atoms with Gasteiger partial charge in [0, 0.05) is 0 Å². The van der Waals surface area contributed by atoms with Crippen molar-refractivity contribution in [1.82, 2.24) is 0 Å². The molecule has 0 atom stereocenters. The maximum Gasteiger partial charge on any atom is 0.232 e. The molecule has 0 amide bonds. The zero-order valence-electron chi connectivity index (χ0n) is 13.1. The van der Waals surface area contributed by atoms with E-state index in [1.165, 1.54) is 10.6 Å². The van der Waals surface area contributed by atoms with Crippen molar-refractivity contribution in [3.63, 3.8) is 0 Å². The van der Waals surface area contributed by atoms with Gasteiger partial charge in [-0.3, -0.25) is 4.31 Å². The van der Waals surface area contributed by atoms with Gasteiger partial charge in [0.15, 0.2) is 0 Å². The maximum atomic E-state index is 12.3. The fourth-order valence-corrected chi connectivity index (χ4v) is 3.15. The molecule has 0 aliphatic rings. The van der Waals surface area contributed by atoms with Crippen LogP contribution in [0.5, 0.6) is 5.75 Å². The largest absolute Gasteiger partial charge is 0.492 e. The average molecular weight is 319 g/mol. The van der Waals surface area contributed by atoms with Crippen molar-refractivity contribution in [1.29, 1.82) is 0 Å². The minimum Gasteiger partial charge on any atom is -0.492 e. The van der Waals surface area contributed by atoms with Gasteiger partial charge in [-0.05, 0) is 37.1 Å². The first-order valence-electron chi connectivity index (χ1n) is 7.17. The van der Waals surface area contributed by atoms with Crippen molar-refractivity contribution in [3.8, 4) is 5.75 Å². The summed E-state index contributed by atoms with van der Waals surface area (Å²) in [5.41, 5.74) is 2.60. The van der Waals surface area contributed by atoms with E-state index in [9.17, 15) is 8.42 Å². The van der Waals surface area contributed by atoms with E-state index in [1.807, 2.05) is 50.2 Å². The lowest BCUT2D eigenvalue weighted by Crippen LogP contribution is -2.30. The molecule has 0 N–H and O–H groups in total. The van der Waals surface area contributed by atoms with Crippen molar-refractivity contribution in [3.05, 3.63) is 59.7 Å². The Hall–Kier alpha value is -2.01. The molecule has 0 saturated heterocycles. The molecule has 0 aliphatic heterocycles. The number of benzene rings is 2. The second kappa shape index (κ2) is 6.83. The number of sulfonamides is 1. The predicted octanol–water partition coefficient (Wildman–Crippen LogP) is 3.36. The van der Waals surface area contributed by atoms with E-state index >= 15 is 0 Å². The topological polar surface area (TPSA) is 46.6 Å². The summed E-state index contributed by atoms with van der Waals surface area (Å²) in [6, 6.07) is 15.0. The highest BCUT2D eigenvalue weighted by Gasteiger charge is 2.21. The number of ether oxygens (including phenoxy) is 1. The standard InChI is InChI=1S/C17H21NO3S/c1-4-21-17-12-8-7-11-16(17)18(22(3,19)20)13-15-10-6-5-9-14(15)2/h5-12H,4,13H2,1-3H3. The van der Waals surface area contributed by atoms with E-state index in [0.717, 1.165) is 11.1 Å². The van der Waals surface area contributed by atoms with Crippen molar-refractivity contribution < 1.29 is 13.2 Å². The summed E-state index contributed by atoms with van der Waals surface area (Å²) in [5.74, 6) is 0.573. The zero-order valence-corrected chi connectivity index (χ0v) is 13.9. The number of hydrogen-bond acceptors (Lipinski definition) is 3. The molecule has 0 aromatic heterocycles. The van der Waals surface area contributed by atoms with Crippen molar-refractivity contribution in [2.45, 2.75) is 20.4 Å². The first kappa shape index (κ1) is 16.4. The van der Waals surface area contributed by atoms with Crippen LogP contribution < -0.4 is 9.04 Å². The number of aryl methyl sites for hydroxylation is 1. The maximum absolute atomic E-state index is 12.3. The lowest BCUT2D eigenvalue weighted by atomic mass is 10.1. The molecule has 4 nitrogen and oxygen atoms in total. The summed E-state index contributed by atoms with van der Waals surface area (Å²) in [5, 5.41) is 0. The third-order valence-corrected chi connectivity index (χ3v) is 4.54. The number of nitrogens with zero attached hydrogens (tertiary/aromatic N) is 1. The molecular formula is C17H21NO3S. The Kier molecular flexibility index (Phi) is 5.08. The molecule has 2 rings (SSSR count). The monoisotopic (exact) mass is 319 g/mol. The van der Waals surface area contributed by atoms with E-state index in [0.29, 0.717) is 18.0 Å². The van der Waals surface area contributed by atoms with Gasteiger partial charge < -0.3 is 4.74 Å². The van der Waals surface area contributed by atoms with Crippen LogP contribution in [-0.4, -0.2) is 21.3 Å². The van der Waals surface area contributed by atoms with E-state index in [-0.39, 0.29) is 6.54 Å². The molecule has 0 aliphatic carbocycles. The van der Waals surface area contributed by atoms with Crippen LogP contribution in [-0.2, 0) is 16.6 Å². The number of hydrogen-bond donors (Lipinski definition) is 0. The van der Waals surface area contributed by atoms with E-state index < -0.39 is 10.0 Å². The molecule has 2 aromatic carbocycles. The predicted molar refractivity (Wildman–Crippen MR) is 89.8 cm³/mol. The van der Waals surface area contributed by atoms with Crippen LogP contribution in [0.25, 0.3) is 0 Å². The molecule has 0 spiro atoms. The van der Waals surface area contributed by atoms with Gasteiger partial charge in [0.05, 0.1) is 25.1 Å². The van der Waals surface area contributed by atoms with Gasteiger partial charge in [0.25, 0.3) is 0 Å². The van der Waals surface area contributed by atoms with Gasteiger partial charge in [0.1, 0.15) is 5.75 Å². The lowest BCUT2D eigenvalue weighted by molar-refractivity contribution is 0.341. The van der Waals surface area contributed by atoms with Crippen LogP contribution in [0.2, 0.25) is 0 Å². The molecule has 2 aromatic rings. The van der Waals surface area contributed by atoms with Crippen LogP contribution in [0.15, 0.2) is 48.5 Å². The Balaban J connectivity index is 2.47. The molecule has 118 valence electrons. The fourth-order valence-electron chi connectivity index (χ4n) is 2.26. The summed E-state index contributed by atoms with van der Waals surface area (Å²) < 4.78 is 31.5.